The molecule has 1 heterocycles. The number of benzene rings is 2. The van der Waals surface area contributed by atoms with Gasteiger partial charge in [0.1, 0.15) is 11.5 Å². The first-order chi connectivity index (χ1) is 14.7. The molecule has 0 atom stereocenters. The average molecular weight is 424 g/mol. The number of carboxylic acids is 1. The van der Waals surface area contributed by atoms with Gasteiger partial charge in [0.25, 0.3) is 11.6 Å². The van der Waals surface area contributed by atoms with Crippen molar-refractivity contribution < 1.29 is 24.4 Å². The minimum Gasteiger partial charge on any atom is -0.481 e. The summed E-state index contributed by atoms with van der Waals surface area (Å²) in [5, 5.41) is 26.7. The van der Waals surface area contributed by atoms with Gasteiger partial charge in [-0.3, -0.25) is 24.4 Å². The Balaban J connectivity index is 1.82. The number of anilines is 1. The van der Waals surface area contributed by atoms with Crippen LogP contribution in [-0.2, 0) is 11.3 Å². The van der Waals surface area contributed by atoms with Crippen LogP contribution in [0.5, 0.6) is 11.5 Å². The van der Waals surface area contributed by atoms with E-state index >= 15 is 0 Å². The molecule has 0 radical (unpaired) electrons. The van der Waals surface area contributed by atoms with Crippen molar-refractivity contribution in [3.63, 3.8) is 0 Å². The maximum atomic E-state index is 12.5. The third kappa shape index (κ3) is 5.66. The minimum absolute atomic E-state index is 0.0499. The SMILES string of the molecule is Cc1ccc(C)c(Oc2cc(NC(=O)c3ccn(CCC(=O)O)n3)cc([N+](=O)[O-])c2)c1. The molecule has 2 N–H and O–H groups in total. The van der Waals surface area contributed by atoms with Crippen LogP contribution >= 0.6 is 0 Å². The lowest BCUT2D eigenvalue weighted by Gasteiger charge is -2.11. The second-order valence-electron chi connectivity index (χ2n) is 6.91. The van der Waals surface area contributed by atoms with Crippen LogP contribution < -0.4 is 10.1 Å². The number of rotatable bonds is 8. The Hall–Kier alpha value is -4.21. The Kier molecular flexibility index (Phi) is 6.29. The van der Waals surface area contributed by atoms with E-state index in [0.717, 1.165) is 11.1 Å². The van der Waals surface area contributed by atoms with Crippen molar-refractivity contribution in [1.82, 2.24) is 9.78 Å². The Morgan fingerprint density at radius 1 is 1.19 bits per heavy atom. The summed E-state index contributed by atoms with van der Waals surface area (Å²) in [5.41, 5.74) is 1.80. The topological polar surface area (TPSA) is 137 Å². The number of carbonyl (C=O) groups excluding carboxylic acids is 1. The van der Waals surface area contributed by atoms with Gasteiger partial charge in [0.05, 0.1) is 29.6 Å². The second-order valence-corrected chi connectivity index (χ2v) is 6.91. The van der Waals surface area contributed by atoms with Crippen LogP contribution in [0.4, 0.5) is 11.4 Å². The summed E-state index contributed by atoms with van der Waals surface area (Å²) in [5.74, 6) is -0.818. The molecule has 0 aliphatic carbocycles. The Bertz CT molecular complexity index is 1150. The number of nitro groups is 1. The molecule has 0 spiro atoms. The first-order valence-electron chi connectivity index (χ1n) is 9.32. The number of nitrogens with zero attached hydrogens (tertiary/aromatic N) is 3. The minimum atomic E-state index is -0.977. The van der Waals surface area contributed by atoms with E-state index in [1.807, 2.05) is 32.0 Å². The maximum Gasteiger partial charge on any atom is 0.305 e. The lowest BCUT2D eigenvalue weighted by atomic mass is 10.1. The molecular weight excluding hydrogens is 404 g/mol. The molecule has 0 bridgehead atoms. The van der Waals surface area contributed by atoms with Gasteiger partial charge in [-0.2, -0.15) is 5.10 Å². The zero-order chi connectivity index (χ0) is 22.5. The van der Waals surface area contributed by atoms with Gasteiger partial charge in [0.15, 0.2) is 5.69 Å². The van der Waals surface area contributed by atoms with Crippen LogP contribution in [0, 0.1) is 24.0 Å². The van der Waals surface area contributed by atoms with Gasteiger partial charge in [-0.1, -0.05) is 12.1 Å². The van der Waals surface area contributed by atoms with E-state index in [9.17, 15) is 19.7 Å². The molecule has 2 aromatic carbocycles. The maximum absolute atomic E-state index is 12.5. The van der Waals surface area contributed by atoms with Crippen molar-refractivity contribution in [1.29, 1.82) is 0 Å². The molecule has 0 aliphatic heterocycles. The molecule has 0 unspecified atom stereocenters. The van der Waals surface area contributed by atoms with Crippen LogP contribution in [0.15, 0.2) is 48.7 Å². The van der Waals surface area contributed by atoms with Gasteiger partial charge in [0, 0.05) is 18.3 Å². The second kappa shape index (κ2) is 9.08. The zero-order valence-electron chi connectivity index (χ0n) is 16.9. The van der Waals surface area contributed by atoms with Crippen LogP contribution in [0.2, 0.25) is 0 Å². The number of ether oxygens (including phenoxy) is 1. The molecule has 10 heteroatoms. The Morgan fingerprint density at radius 3 is 2.68 bits per heavy atom. The number of nitro benzene ring substituents is 1. The highest BCUT2D eigenvalue weighted by molar-refractivity contribution is 6.03. The molecule has 3 rings (SSSR count). The van der Waals surface area contributed by atoms with E-state index < -0.39 is 16.8 Å². The number of hydrogen-bond donors (Lipinski definition) is 2. The van der Waals surface area contributed by atoms with Crippen LogP contribution in [-0.4, -0.2) is 31.7 Å². The molecule has 0 saturated carbocycles. The Morgan fingerprint density at radius 2 is 1.97 bits per heavy atom. The highest BCUT2D eigenvalue weighted by atomic mass is 16.6. The predicted octanol–water partition coefficient (Wildman–Crippen LogP) is 3.93. The molecule has 0 fully saturated rings. The van der Waals surface area contributed by atoms with Crippen molar-refractivity contribution in [2.24, 2.45) is 0 Å². The van der Waals surface area contributed by atoms with Crippen LogP contribution in [0.25, 0.3) is 0 Å². The number of aromatic nitrogens is 2. The Labute approximate surface area is 177 Å². The van der Waals surface area contributed by atoms with Crippen molar-refractivity contribution >= 4 is 23.3 Å². The normalized spacial score (nSPS) is 10.5. The van der Waals surface area contributed by atoms with Gasteiger partial charge in [-0.25, -0.2) is 0 Å². The number of aliphatic carboxylic acids is 1. The van der Waals surface area contributed by atoms with Gasteiger partial charge >= 0.3 is 5.97 Å². The molecule has 160 valence electrons. The predicted molar refractivity (Wildman–Crippen MR) is 112 cm³/mol. The van der Waals surface area contributed by atoms with Gasteiger partial charge in [-0.15, -0.1) is 0 Å². The summed E-state index contributed by atoms with van der Waals surface area (Å²) in [6.07, 6.45) is 1.35. The van der Waals surface area contributed by atoms with Gasteiger partial charge in [-0.05, 0) is 37.1 Å². The van der Waals surface area contributed by atoms with E-state index in [1.54, 1.807) is 0 Å². The molecule has 31 heavy (non-hydrogen) atoms. The summed E-state index contributed by atoms with van der Waals surface area (Å²) in [6.45, 7) is 3.88. The first-order valence-corrected chi connectivity index (χ1v) is 9.32. The molecule has 10 nitrogen and oxygen atoms in total. The van der Waals surface area contributed by atoms with Crippen molar-refractivity contribution in [2.45, 2.75) is 26.8 Å². The smallest absolute Gasteiger partial charge is 0.305 e. The third-order valence-corrected chi connectivity index (χ3v) is 4.36. The first kappa shape index (κ1) is 21.5. The molecule has 0 saturated heterocycles. The van der Waals surface area contributed by atoms with E-state index in [2.05, 4.69) is 10.4 Å². The van der Waals surface area contributed by atoms with Gasteiger partial charge < -0.3 is 15.2 Å². The standard InChI is InChI=1S/C21H20N4O6/c1-13-3-4-14(2)19(9-13)31-17-11-15(10-16(12-17)25(29)30)22-21(28)18-5-7-24(23-18)8-6-20(26)27/h3-5,7,9-12H,6,8H2,1-2H3,(H,22,28)(H,26,27). The average Bonchev–Trinajstić information content (AvgIpc) is 3.18. The van der Waals surface area contributed by atoms with E-state index in [4.69, 9.17) is 9.84 Å². The highest BCUT2D eigenvalue weighted by Crippen LogP contribution is 2.31. The number of nitrogens with one attached hydrogen (secondary N) is 1. The fourth-order valence-corrected chi connectivity index (χ4v) is 2.78. The number of carbonyl (C=O) groups is 2. The molecular formula is C21H20N4O6. The lowest BCUT2D eigenvalue weighted by molar-refractivity contribution is -0.384. The number of non-ortho nitro benzene ring substituents is 1. The molecule has 1 aromatic heterocycles. The highest BCUT2D eigenvalue weighted by Gasteiger charge is 2.16. The monoisotopic (exact) mass is 424 g/mol. The van der Waals surface area contributed by atoms with Crippen molar-refractivity contribution in [3.8, 4) is 11.5 Å². The lowest BCUT2D eigenvalue weighted by Crippen LogP contribution is -2.14. The summed E-state index contributed by atoms with van der Waals surface area (Å²) < 4.78 is 7.17. The number of aryl methyl sites for hydroxylation is 3. The largest absolute Gasteiger partial charge is 0.481 e. The van der Waals surface area contributed by atoms with E-state index in [1.165, 1.54) is 35.1 Å². The van der Waals surface area contributed by atoms with Crippen LogP contribution in [0.1, 0.15) is 28.0 Å². The fraction of sp³-hybridized carbons (Fsp3) is 0.190. The van der Waals surface area contributed by atoms with Crippen molar-refractivity contribution in [2.75, 3.05) is 5.32 Å². The summed E-state index contributed by atoms with van der Waals surface area (Å²) in [7, 11) is 0. The number of amides is 1. The van der Waals surface area contributed by atoms with Gasteiger partial charge in [0.2, 0.25) is 0 Å². The molecule has 1 amide bonds. The quantitative estimate of drug-likeness (QED) is 0.413. The number of hydrogen-bond acceptors (Lipinski definition) is 6. The molecule has 0 aliphatic rings. The van der Waals surface area contributed by atoms with Crippen LogP contribution in [0.3, 0.4) is 0 Å². The summed E-state index contributed by atoms with van der Waals surface area (Å²) in [4.78, 5) is 33.9. The summed E-state index contributed by atoms with van der Waals surface area (Å²) in [6, 6.07) is 11.0. The van der Waals surface area contributed by atoms with Crippen molar-refractivity contribution in [3.05, 3.63) is 75.6 Å². The third-order valence-electron chi connectivity index (χ3n) is 4.36. The fourth-order valence-electron chi connectivity index (χ4n) is 2.78. The summed E-state index contributed by atoms with van der Waals surface area (Å²) >= 11 is 0. The zero-order valence-corrected chi connectivity index (χ0v) is 16.9. The van der Waals surface area contributed by atoms with E-state index in [-0.39, 0.29) is 35.8 Å². The molecule has 3 aromatic rings. The van der Waals surface area contributed by atoms with E-state index in [0.29, 0.717) is 5.75 Å². The number of carboxylic acid groups (broad SMARTS) is 1.